The fourth-order valence-electron chi connectivity index (χ4n) is 7.35. The number of carbonyl (C=O) groups is 1. The van der Waals surface area contributed by atoms with E-state index in [1.165, 1.54) is 44.1 Å². The average molecular weight is 359 g/mol. The van der Waals surface area contributed by atoms with Crippen LogP contribution in [-0.2, 0) is 4.79 Å². The van der Waals surface area contributed by atoms with Crippen LogP contribution in [0.3, 0.4) is 0 Å². The van der Waals surface area contributed by atoms with Crippen LogP contribution in [0, 0.1) is 29.1 Å². The van der Waals surface area contributed by atoms with Gasteiger partial charge < -0.3 is 5.11 Å². The summed E-state index contributed by atoms with van der Waals surface area (Å²) in [6.07, 6.45) is 12.4. The number of fused-ring (bicyclic) bond motifs is 5. The fraction of sp³-hybridized carbons (Fsp3) is 0.792. The highest BCUT2D eigenvalue weighted by molar-refractivity contribution is 5.92. The molecule has 0 amide bonds. The van der Waals surface area contributed by atoms with E-state index in [1.807, 2.05) is 0 Å². The highest BCUT2D eigenvalue weighted by Gasteiger charge is 2.60. The van der Waals surface area contributed by atoms with Crippen molar-refractivity contribution in [3.8, 4) is 0 Å². The second-order valence-electron chi connectivity index (χ2n) is 9.56. The maximum absolute atomic E-state index is 11.8. The minimum absolute atomic E-state index is 0. The highest BCUT2D eigenvalue weighted by atomic mass is 16.3. The van der Waals surface area contributed by atoms with Crippen LogP contribution in [0.15, 0.2) is 23.8 Å². The molecule has 0 aliphatic heterocycles. The molecule has 2 heteroatoms. The van der Waals surface area contributed by atoms with Crippen LogP contribution in [-0.4, -0.2) is 16.5 Å². The number of rotatable bonds is 3. The maximum atomic E-state index is 11.8. The standard InChI is InChI=1S/C23H34O2.CH4/c1-4-5-15(2)19-8-9-20-18-7-6-16-14-17(24)10-13-23(16,25)21(18)11-12-22(19,20)3;/h14,18-21,25H,2,4-13H2,1,3H3;1H4/t18?,19-,20?,21?,22-,23-;/m1./s1. The zero-order valence-electron chi connectivity index (χ0n) is 16.0. The first-order valence-corrected chi connectivity index (χ1v) is 10.5. The average Bonchev–Trinajstić information content (AvgIpc) is 2.93. The van der Waals surface area contributed by atoms with E-state index in [1.54, 1.807) is 6.08 Å². The number of allylic oxidation sites excluding steroid dienone is 1. The Bertz CT molecular complexity index is 618. The molecule has 3 unspecified atom stereocenters. The quantitative estimate of drug-likeness (QED) is 0.642. The van der Waals surface area contributed by atoms with E-state index in [0.29, 0.717) is 36.0 Å². The molecule has 4 aliphatic carbocycles. The topological polar surface area (TPSA) is 37.3 Å². The van der Waals surface area contributed by atoms with Gasteiger partial charge >= 0.3 is 0 Å². The van der Waals surface area contributed by atoms with Gasteiger partial charge in [-0.2, -0.15) is 0 Å². The largest absolute Gasteiger partial charge is 0.385 e. The fourth-order valence-corrected chi connectivity index (χ4v) is 7.35. The van der Waals surface area contributed by atoms with Gasteiger partial charge in [-0.1, -0.05) is 39.8 Å². The van der Waals surface area contributed by atoms with Gasteiger partial charge in [-0.15, -0.1) is 0 Å². The van der Waals surface area contributed by atoms with Crippen LogP contribution < -0.4 is 0 Å². The molecule has 4 aliphatic rings. The lowest BCUT2D eigenvalue weighted by Crippen LogP contribution is -2.55. The molecule has 2 nitrogen and oxygen atoms in total. The van der Waals surface area contributed by atoms with Crippen LogP contribution in [0.2, 0.25) is 0 Å². The Labute approximate surface area is 160 Å². The predicted molar refractivity (Wildman–Crippen MR) is 108 cm³/mol. The van der Waals surface area contributed by atoms with Gasteiger partial charge in [0.2, 0.25) is 0 Å². The molecule has 0 heterocycles. The molecular weight excluding hydrogens is 320 g/mol. The molecular formula is C24H38O2. The van der Waals surface area contributed by atoms with Crippen molar-refractivity contribution in [1.82, 2.24) is 0 Å². The van der Waals surface area contributed by atoms with Gasteiger partial charge in [0.05, 0.1) is 5.60 Å². The van der Waals surface area contributed by atoms with Gasteiger partial charge in [0.15, 0.2) is 5.78 Å². The predicted octanol–water partition coefficient (Wildman–Crippen LogP) is 5.85. The van der Waals surface area contributed by atoms with E-state index in [9.17, 15) is 9.90 Å². The number of aliphatic hydroxyl groups is 1. The second kappa shape index (κ2) is 6.93. The molecule has 26 heavy (non-hydrogen) atoms. The summed E-state index contributed by atoms with van der Waals surface area (Å²) < 4.78 is 0. The van der Waals surface area contributed by atoms with E-state index in [4.69, 9.17) is 0 Å². The van der Waals surface area contributed by atoms with Gasteiger partial charge in [-0.25, -0.2) is 0 Å². The summed E-state index contributed by atoms with van der Waals surface area (Å²) in [5.41, 5.74) is 2.23. The minimum atomic E-state index is -0.684. The first-order valence-electron chi connectivity index (χ1n) is 10.5. The molecule has 3 saturated carbocycles. The molecule has 0 aromatic heterocycles. The number of carbonyl (C=O) groups excluding carboxylic acids is 1. The molecule has 146 valence electrons. The third kappa shape index (κ3) is 2.75. The Morgan fingerprint density at radius 1 is 1.19 bits per heavy atom. The molecule has 1 N–H and O–H groups in total. The first-order chi connectivity index (χ1) is 11.9. The van der Waals surface area contributed by atoms with Crippen molar-refractivity contribution in [3.63, 3.8) is 0 Å². The Balaban J connectivity index is 0.00000196. The monoisotopic (exact) mass is 358 g/mol. The van der Waals surface area contributed by atoms with Crippen molar-refractivity contribution in [2.24, 2.45) is 29.1 Å². The van der Waals surface area contributed by atoms with Crippen molar-refractivity contribution < 1.29 is 9.90 Å². The van der Waals surface area contributed by atoms with E-state index >= 15 is 0 Å². The SMILES string of the molecule is C.C=C(CCC)[C@H]1CCC2C3CCC4=CC(=O)CC[C@]4(O)C3CC[C@@]21C. The third-order valence-electron chi connectivity index (χ3n) is 8.51. The molecule has 3 fully saturated rings. The summed E-state index contributed by atoms with van der Waals surface area (Å²) in [4.78, 5) is 11.8. The Morgan fingerprint density at radius 3 is 2.69 bits per heavy atom. The van der Waals surface area contributed by atoms with Gasteiger partial charge in [-0.3, -0.25) is 4.79 Å². The number of hydrogen-bond donors (Lipinski definition) is 1. The summed E-state index contributed by atoms with van der Waals surface area (Å²) in [6.45, 7) is 9.23. The lowest BCUT2D eigenvalue weighted by Gasteiger charge is -2.57. The van der Waals surface area contributed by atoms with Crippen LogP contribution in [0.4, 0.5) is 0 Å². The molecule has 6 atom stereocenters. The summed E-state index contributed by atoms with van der Waals surface area (Å²) in [5.74, 6) is 2.63. The molecule has 0 bridgehead atoms. The molecule has 0 aromatic rings. The number of hydrogen-bond acceptors (Lipinski definition) is 2. The van der Waals surface area contributed by atoms with Crippen LogP contribution in [0.5, 0.6) is 0 Å². The van der Waals surface area contributed by atoms with Crippen molar-refractivity contribution in [2.45, 2.75) is 91.1 Å². The summed E-state index contributed by atoms with van der Waals surface area (Å²) in [7, 11) is 0. The van der Waals surface area contributed by atoms with E-state index in [-0.39, 0.29) is 13.2 Å². The van der Waals surface area contributed by atoms with Crippen molar-refractivity contribution in [3.05, 3.63) is 23.8 Å². The van der Waals surface area contributed by atoms with E-state index < -0.39 is 5.60 Å². The lowest BCUT2D eigenvalue weighted by atomic mass is 9.49. The van der Waals surface area contributed by atoms with Crippen molar-refractivity contribution >= 4 is 5.78 Å². The highest BCUT2D eigenvalue weighted by Crippen LogP contribution is 2.65. The van der Waals surface area contributed by atoms with E-state index in [0.717, 1.165) is 24.3 Å². The smallest absolute Gasteiger partial charge is 0.155 e. The van der Waals surface area contributed by atoms with Crippen LogP contribution in [0.25, 0.3) is 0 Å². The zero-order chi connectivity index (χ0) is 17.8. The molecule has 0 radical (unpaired) electrons. The third-order valence-corrected chi connectivity index (χ3v) is 8.51. The lowest BCUT2D eigenvalue weighted by molar-refractivity contribution is -0.126. The number of ketones is 1. The van der Waals surface area contributed by atoms with Crippen LogP contribution >= 0.6 is 0 Å². The summed E-state index contributed by atoms with van der Waals surface area (Å²) in [5, 5.41) is 11.5. The van der Waals surface area contributed by atoms with Gasteiger partial charge in [-0.05, 0) is 92.1 Å². The van der Waals surface area contributed by atoms with Crippen LogP contribution in [0.1, 0.15) is 85.5 Å². The first kappa shape index (κ1) is 19.9. The zero-order valence-corrected chi connectivity index (χ0v) is 16.0. The van der Waals surface area contributed by atoms with Crippen molar-refractivity contribution in [1.29, 1.82) is 0 Å². The Hall–Kier alpha value is -0.890. The molecule has 0 aromatic carbocycles. The Morgan fingerprint density at radius 2 is 1.96 bits per heavy atom. The Kier molecular flexibility index (Phi) is 5.29. The normalized spacial score (nSPS) is 44.3. The molecule has 4 rings (SSSR count). The van der Waals surface area contributed by atoms with Crippen molar-refractivity contribution in [2.75, 3.05) is 0 Å². The van der Waals surface area contributed by atoms with Gasteiger partial charge in [0.25, 0.3) is 0 Å². The minimum Gasteiger partial charge on any atom is -0.385 e. The second-order valence-corrected chi connectivity index (χ2v) is 9.56. The van der Waals surface area contributed by atoms with Gasteiger partial charge in [0.1, 0.15) is 0 Å². The van der Waals surface area contributed by atoms with Gasteiger partial charge in [0, 0.05) is 6.42 Å². The molecule has 0 spiro atoms. The summed E-state index contributed by atoms with van der Waals surface area (Å²) in [6, 6.07) is 0. The molecule has 0 saturated heterocycles. The maximum Gasteiger partial charge on any atom is 0.155 e. The summed E-state index contributed by atoms with van der Waals surface area (Å²) >= 11 is 0. The van der Waals surface area contributed by atoms with E-state index in [2.05, 4.69) is 20.4 Å².